The Bertz CT molecular complexity index is 468. The van der Waals surface area contributed by atoms with Gasteiger partial charge in [-0.3, -0.25) is 4.79 Å². The average Bonchev–Trinajstić information content (AvgIpc) is 2.41. The highest BCUT2D eigenvalue weighted by Crippen LogP contribution is 2.28. The number of para-hydroxylation sites is 1. The molecule has 3 rings (SSSR count). The zero-order valence-corrected chi connectivity index (χ0v) is 11.6. The minimum absolute atomic E-state index is 0.0972. The maximum Gasteiger partial charge on any atom is 0.227 e. The molecule has 1 aromatic carbocycles. The van der Waals surface area contributed by atoms with E-state index >= 15 is 0 Å². The Labute approximate surface area is 115 Å². The van der Waals surface area contributed by atoms with E-state index < -0.39 is 0 Å². The molecule has 1 aliphatic carbocycles. The summed E-state index contributed by atoms with van der Waals surface area (Å²) in [5.41, 5.74) is 2.46. The van der Waals surface area contributed by atoms with Crippen molar-refractivity contribution in [2.75, 3.05) is 25.5 Å². The van der Waals surface area contributed by atoms with Crippen molar-refractivity contribution in [2.24, 2.45) is 11.8 Å². The number of carbonyl (C=O) groups excluding carboxylic acids is 1. The van der Waals surface area contributed by atoms with Crippen molar-refractivity contribution in [1.82, 2.24) is 4.90 Å². The summed E-state index contributed by atoms with van der Waals surface area (Å²) in [6.45, 7) is 1.71. The number of rotatable bonds is 3. The van der Waals surface area contributed by atoms with E-state index in [1.807, 2.05) is 24.1 Å². The topological polar surface area (TPSA) is 32.3 Å². The zero-order chi connectivity index (χ0) is 13.2. The Hall–Kier alpha value is -1.51. The van der Waals surface area contributed by atoms with Crippen molar-refractivity contribution in [3.63, 3.8) is 0 Å². The lowest BCUT2D eigenvalue weighted by Gasteiger charge is -2.33. The highest BCUT2D eigenvalue weighted by molar-refractivity contribution is 5.80. The number of anilines is 1. The third-order valence-electron chi connectivity index (χ3n) is 4.50. The van der Waals surface area contributed by atoms with Gasteiger partial charge < -0.3 is 10.2 Å². The van der Waals surface area contributed by atoms with Crippen molar-refractivity contribution >= 4 is 11.6 Å². The van der Waals surface area contributed by atoms with Crippen LogP contribution in [0.5, 0.6) is 0 Å². The van der Waals surface area contributed by atoms with Crippen molar-refractivity contribution in [3.8, 4) is 0 Å². The molecular weight excluding hydrogens is 236 g/mol. The summed E-state index contributed by atoms with van der Waals surface area (Å²) in [6, 6.07) is 8.30. The van der Waals surface area contributed by atoms with E-state index in [0.717, 1.165) is 25.4 Å². The molecule has 2 aliphatic rings. The first-order chi connectivity index (χ1) is 9.24. The summed E-state index contributed by atoms with van der Waals surface area (Å²) in [4.78, 5) is 14.4. The van der Waals surface area contributed by atoms with Gasteiger partial charge in [0.25, 0.3) is 0 Å². The quantitative estimate of drug-likeness (QED) is 0.903. The maximum atomic E-state index is 12.5. The van der Waals surface area contributed by atoms with E-state index in [1.54, 1.807) is 0 Å². The van der Waals surface area contributed by atoms with Crippen LogP contribution in [0.4, 0.5) is 5.69 Å². The van der Waals surface area contributed by atoms with Crippen LogP contribution in [-0.2, 0) is 11.2 Å². The largest absolute Gasteiger partial charge is 0.384 e. The molecule has 0 radical (unpaired) electrons. The van der Waals surface area contributed by atoms with Gasteiger partial charge in [0.2, 0.25) is 5.91 Å². The number of nitrogens with zero attached hydrogens (tertiary/aromatic N) is 1. The number of fused-ring (bicyclic) bond motifs is 1. The van der Waals surface area contributed by atoms with E-state index in [-0.39, 0.29) is 5.92 Å². The van der Waals surface area contributed by atoms with Gasteiger partial charge in [-0.15, -0.1) is 0 Å². The van der Waals surface area contributed by atoms with Crippen molar-refractivity contribution in [1.29, 1.82) is 0 Å². The molecule has 0 bridgehead atoms. The summed E-state index contributed by atoms with van der Waals surface area (Å²) in [6.07, 6.45) is 4.80. The molecule has 1 aliphatic heterocycles. The first-order valence-corrected chi connectivity index (χ1v) is 7.31. The van der Waals surface area contributed by atoms with E-state index in [1.165, 1.54) is 30.5 Å². The molecule has 3 nitrogen and oxygen atoms in total. The van der Waals surface area contributed by atoms with Gasteiger partial charge in [-0.05, 0) is 36.8 Å². The molecule has 1 unspecified atom stereocenters. The minimum atomic E-state index is 0.0972. The van der Waals surface area contributed by atoms with Gasteiger partial charge in [0.05, 0.1) is 5.92 Å². The normalized spacial score (nSPS) is 22.1. The Morgan fingerprint density at radius 3 is 2.89 bits per heavy atom. The van der Waals surface area contributed by atoms with Crippen LogP contribution in [0.2, 0.25) is 0 Å². The Morgan fingerprint density at radius 1 is 1.37 bits per heavy atom. The SMILES string of the molecule is CN(CC1CCC1)C(=O)C1CNc2ccccc2C1. The van der Waals surface area contributed by atoms with Crippen molar-refractivity contribution < 1.29 is 4.79 Å². The predicted octanol–water partition coefficient (Wildman–Crippen LogP) is 2.53. The fraction of sp³-hybridized carbons (Fsp3) is 0.562. The molecule has 0 saturated heterocycles. The molecule has 102 valence electrons. The lowest BCUT2D eigenvalue weighted by atomic mass is 9.84. The predicted molar refractivity (Wildman–Crippen MR) is 77.1 cm³/mol. The number of nitrogens with one attached hydrogen (secondary N) is 1. The second-order valence-electron chi connectivity index (χ2n) is 5.95. The molecule has 1 atom stereocenters. The van der Waals surface area contributed by atoms with E-state index in [4.69, 9.17) is 0 Å². The molecule has 19 heavy (non-hydrogen) atoms. The summed E-state index contributed by atoms with van der Waals surface area (Å²) < 4.78 is 0. The zero-order valence-electron chi connectivity index (χ0n) is 11.6. The van der Waals surface area contributed by atoms with Crippen LogP contribution in [0, 0.1) is 11.8 Å². The maximum absolute atomic E-state index is 12.5. The molecule has 3 heteroatoms. The van der Waals surface area contributed by atoms with E-state index in [9.17, 15) is 4.79 Å². The van der Waals surface area contributed by atoms with Crippen LogP contribution in [0.25, 0.3) is 0 Å². The Kier molecular flexibility index (Phi) is 3.45. The van der Waals surface area contributed by atoms with Gasteiger partial charge in [-0.25, -0.2) is 0 Å². The van der Waals surface area contributed by atoms with Gasteiger partial charge in [0.1, 0.15) is 0 Å². The van der Waals surface area contributed by atoms with Crippen LogP contribution in [0.15, 0.2) is 24.3 Å². The van der Waals surface area contributed by atoms with Crippen LogP contribution in [0.3, 0.4) is 0 Å². The van der Waals surface area contributed by atoms with Gasteiger partial charge in [-0.2, -0.15) is 0 Å². The third-order valence-corrected chi connectivity index (χ3v) is 4.50. The van der Waals surface area contributed by atoms with Crippen LogP contribution in [0.1, 0.15) is 24.8 Å². The second-order valence-corrected chi connectivity index (χ2v) is 5.95. The fourth-order valence-corrected chi connectivity index (χ4v) is 3.08. The van der Waals surface area contributed by atoms with Gasteiger partial charge in [0.15, 0.2) is 0 Å². The molecule has 1 fully saturated rings. The molecule has 1 aromatic rings. The van der Waals surface area contributed by atoms with Crippen LogP contribution < -0.4 is 5.32 Å². The first-order valence-electron chi connectivity index (χ1n) is 7.31. The van der Waals surface area contributed by atoms with E-state index in [0.29, 0.717) is 5.91 Å². The smallest absolute Gasteiger partial charge is 0.227 e. The summed E-state index contributed by atoms with van der Waals surface area (Å²) in [5, 5.41) is 3.38. The monoisotopic (exact) mass is 258 g/mol. The summed E-state index contributed by atoms with van der Waals surface area (Å²) in [5.74, 6) is 1.15. The molecule has 1 saturated carbocycles. The molecule has 1 amide bonds. The highest BCUT2D eigenvalue weighted by atomic mass is 16.2. The first kappa shape index (κ1) is 12.5. The fourth-order valence-electron chi connectivity index (χ4n) is 3.08. The Morgan fingerprint density at radius 2 is 2.16 bits per heavy atom. The third kappa shape index (κ3) is 2.60. The number of amides is 1. The van der Waals surface area contributed by atoms with Crippen molar-refractivity contribution in [2.45, 2.75) is 25.7 Å². The second kappa shape index (κ2) is 5.24. The minimum Gasteiger partial charge on any atom is -0.384 e. The lowest BCUT2D eigenvalue weighted by molar-refractivity contribution is -0.134. The molecule has 0 spiro atoms. The molecule has 0 aromatic heterocycles. The standard InChI is InChI=1S/C16H22N2O/c1-18(11-12-5-4-6-12)16(19)14-9-13-7-2-3-8-15(13)17-10-14/h2-3,7-8,12,14,17H,4-6,9-11H2,1H3. The Balaban J connectivity index is 1.62. The summed E-state index contributed by atoms with van der Waals surface area (Å²) in [7, 11) is 1.96. The lowest BCUT2D eigenvalue weighted by Crippen LogP contribution is -2.42. The van der Waals surface area contributed by atoms with E-state index in [2.05, 4.69) is 17.4 Å². The number of hydrogen-bond donors (Lipinski definition) is 1. The summed E-state index contributed by atoms with van der Waals surface area (Å²) >= 11 is 0. The van der Waals surface area contributed by atoms with Crippen LogP contribution in [-0.4, -0.2) is 30.9 Å². The van der Waals surface area contributed by atoms with Gasteiger partial charge in [0, 0.05) is 25.8 Å². The highest BCUT2D eigenvalue weighted by Gasteiger charge is 2.28. The van der Waals surface area contributed by atoms with Crippen molar-refractivity contribution in [3.05, 3.63) is 29.8 Å². The van der Waals surface area contributed by atoms with Gasteiger partial charge >= 0.3 is 0 Å². The molecule has 1 heterocycles. The number of hydrogen-bond acceptors (Lipinski definition) is 2. The molecular formula is C16H22N2O. The number of carbonyl (C=O) groups is 1. The number of benzene rings is 1. The van der Waals surface area contributed by atoms with Crippen LogP contribution >= 0.6 is 0 Å². The average molecular weight is 258 g/mol. The van der Waals surface area contributed by atoms with Gasteiger partial charge in [-0.1, -0.05) is 24.6 Å². The molecule has 1 N–H and O–H groups in total.